The van der Waals surface area contributed by atoms with Gasteiger partial charge in [0.15, 0.2) is 0 Å². The lowest BCUT2D eigenvalue weighted by Gasteiger charge is -2.16. The maximum Gasteiger partial charge on any atom is 0.320 e. The first-order chi connectivity index (χ1) is 8.32. The SMILES string of the molecule is Cc1nn(C)c(Cl)c1CNC(CC(C)C)C(=O)O. The molecule has 2 N–H and O–H groups in total. The summed E-state index contributed by atoms with van der Waals surface area (Å²) in [5.41, 5.74) is 1.68. The lowest BCUT2D eigenvalue weighted by atomic mass is 10.0. The second-order valence-corrected chi connectivity index (χ2v) is 5.24. The predicted octanol–water partition coefficient (Wildman–Crippen LogP) is 1.97. The number of nitrogens with zero attached hydrogens (tertiary/aromatic N) is 2. The van der Waals surface area contributed by atoms with E-state index in [1.165, 1.54) is 0 Å². The number of nitrogens with one attached hydrogen (secondary N) is 1. The van der Waals surface area contributed by atoms with Crippen molar-refractivity contribution in [1.29, 1.82) is 0 Å². The van der Waals surface area contributed by atoms with Gasteiger partial charge >= 0.3 is 5.97 Å². The maximum absolute atomic E-state index is 11.1. The van der Waals surface area contributed by atoms with Gasteiger partial charge in [-0.3, -0.25) is 9.48 Å². The third kappa shape index (κ3) is 3.71. The van der Waals surface area contributed by atoms with Crippen molar-refractivity contribution in [1.82, 2.24) is 15.1 Å². The van der Waals surface area contributed by atoms with E-state index >= 15 is 0 Å². The van der Waals surface area contributed by atoms with Crippen molar-refractivity contribution in [2.45, 2.75) is 39.8 Å². The fourth-order valence-electron chi connectivity index (χ4n) is 1.84. The largest absolute Gasteiger partial charge is 0.480 e. The van der Waals surface area contributed by atoms with Gasteiger partial charge in [0.05, 0.1) is 5.69 Å². The molecule has 0 aliphatic carbocycles. The van der Waals surface area contributed by atoms with Gasteiger partial charge in [-0.05, 0) is 19.3 Å². The van der Waals surface area contributed by atoms with Crippen LogP contribution in [0.15, 0.2) is 0 Å². The molecule has 0 aliphatic heterocycles. The lowest BCUT2D eigenvalue weighted by molar-refractivity contribution is -0.140. The molecule has 0 saturated heterocycles. The Labute approximate surface area is 112 Å². The van der Waals surface area contributed by atoms with Gasteiger partial charge in [-0.15, -0.1) is 0 Å². The van der Waals surface area contributed by atoms with E-state index in [0.29, 0.717) is 24.0 Å². The molecule has 0 fully saturated rings. The van der Waals surface area contributed by atoms with Gasteiger partial charge in [0.1, 0.15) is 11.2 Å². The molecule has 5 nitrogen and oxygen atoms in total. The summed E-state index contributed by atoms with van der Waals surface area (Å²) < 4.78 is 1.59. The number of aromatic nitrogens is 2. The maximum atomic E-state index is 11.1. The molecule has 1 atom stereocenters. The van der Waals surface area contributed by atoms with Crippen LogP contribution in [0.1, 0.15) is 31.5 Å². The van der Waals surface area contributed by atoms with Gasteiger partial charge in [-0.1, -0.05) is 25.4 Å². The Morgan fingerprint density at radius 1 is 1.56 bits per heavy atom. The van der Waals surface area contributed by atoms with E-state index in [2.05, 4.69) is 10.4 Å². The molecule has 1 rings (SSSR count). The predicted molar refractivity (Wildman–Crippen MR) is 70.7 cm³/mol. The van der Waals surface area contributed by atoms with Crippen LogP contribution < -0.4 is 5.32 Å². The van der Waals surface area contributed by atoms with E-state index in [4.69, 9.17) is 16.7 Å². The quantitative estimate of drug-likeness (QED) is 0.832. The van der Waals surface area contributed by atoms with Crippen LogP contribution in [0, 0.1) is 12.8 Å². The Morgan fingerprint density at radius 2 is 2.17 bits per heavy atom. The first kappa shape index (κ1) is 15.0. The smallest absolute Gasteiger partial charge is 0.320 e. The van der Waals surface area contributed by atoms with Gasteiger partial charge in [-0.2, -0.15) is 5.10 Å². The summed E-state index contributed by atoms with van der Waals surface area (Å²) in [6, 6.07) is -0.555. The van der Waals surface area contributed by atoms with Crippen LogP contribution in [0.25, 0.3) is 0 Å². The van der Waals surface area contributed by atoms with Crippen molar-refractivity contribution < 1.29 is 9.90 Å². The number of rotatable bonds is 6. The zero-order valence-corrected chi connectivity index (χ0v) is 12.0. The van der Waals surface area contributed by atoms with Crippen molar-refractivity contribution in [3.8, 4) is 0 Å². The third-order valence-electron chi connectivity index (χ3n) is 2.80. The second kappa shape index (κ2) is 6.20. The number of carbonyl (C=O) groups is 1. The summed E-state index contributed by atoms with van der Waals surface area (Å²) in [4.78, 5) is 11.1. The van der Waals surface area contributed by atoms with Crippen molar-refractivity contribution in [2.75, 3.05) is 0 Å². The van der Waals surface area contributed by atoms with E-state index in [-0.39, 0.29) is 0 Å². The third-order valence-corrected chi connectivity index (χ3v) is 3.27. The number of carboxylic acids is 1. The van der Waals surface area contributed by atoms with E-state index < -0.39 is 12.0 Å². The van der Waals surface area contributed by atoms with E-state index in [1.807, 2.05) is 20.8 Å². The highest BCUT2D eigenvalue weighted by molar-refractivity contribution is 6.30. The number of halogens is 1. The molecule has 102 valence electrons. The van der Waals surface area contributed by atoms with E-state index in [0.717, 1.165) is 11.3 Å². The fraction of sp³-hybridized carbons (Fsp3) is 0.667. The highest BCUT2D eigenvalue weighted by Crippen LogP contribution is 2.18. The molecule has 1 unspecified atom stereocenters. The summed E-state index contributed by atoms with van der Waals surface area (Å²) in [6.07, 6.45) is 0.590. The molecule has 0 radical (unpaired) electrons. The number of hydrogen-bond acceptors (Lipinski definition) is 3. The van der Waals surface area contributed by atoms with Crippen LogP contribution in [0.4, 0.5) is 0 Å². The van der Waals surface area contributed by atoms with Gasteiger partial charge < -0.3 is 10.4 Å². The minimum Gasteiger partial charge on any atom is -0.480 e. The average molecular weight is 274 g/mol. The first-order valence-corrected chi connectivity index (χ1v) is 6.34. The highest BCUT2D eigenvalue weighted by Gasteiger charge is 2.20. The Balaban J connectivity index is 2.70. The fourth-order valence-corrected chi connectivity index (χ4v) is 2.08. The van der Waals surface area contributed by atoms with E-state index in [9.17, 15) is 4.79 Å². The van der Waals surface area contributed by atoms with Crippen molar-refractivity contribution in [2.24, 2.45) is 13.0 Å². The van der Waals surface area contributed by atoms with Crippen LogP contribution >= 0.6 is 11.6 Å². The van der Waals surface area contributed by atoms with Crippen molar-refractivity contribution in [3.63, 3.8) is 0 Å². The molecular weight excluding hydrogens is 254 g/mol. The second-order valence-electron chi connectivity index (χ2n) is 4.88. The van der Waals surface area contributed by atoms with Gasteiger partial charge in [0, 0.05) is 19.2 Å². The molecule has 1 aromatic heterocycles. The van der Waals surface area contributed by atoms with Crippen LogP contribution in [0.5, 0.6) is 0 Å². The Bertz CT molecular complexity index is 429. The molecule has 6 heteroatoms. The summed E-state index contributed by atoms with van der Waals surface area (Å²) in [7, 11) is 1.77. The standard InChI is InChI=1S/C12H20ClN3O2/c1-7(2)5-10(12(17)18)14-6-9-8(3)15-16(4)11(9)13/h7,10,14H,5-6H2,1-4H3,(H,17,18). The number of carboxylic acid groups (broad SMARTS) is 1. The van der Waals surface area contributed by atoms with Gasteiger partial charge in [-0.25, -0.2) is 0 Å². The van der Waals surface area contributed by atoms with Crippen LogP contribution in [-0.4, -0.2) is 26.9 Å². The molecule has 0 saturated carbocycles. The summed E-state index contributed by atoms with van der Waals surface area (Å²) in [6.45, 7) is 6.28. The van der Waals surface area contributed by atoms with Crippen LogP contribution in [0.3, 0.4) is 0 Å². The normalized spacial score (nSPS) is 13.0. The summed E-state index contributed by atoms with van der Waals surface area (Å²) in [5, 5.41) is 16.9. The lowest BCUT2D eigenvalue weighted by Crippen LogP contribution is -2.37. The molecule has 1 heterocycles. The summed E-state index contributed by atoms with van der Waals surface area (Å²) in [5.74, 6) is -0.509. The average Bonchev–Trinajstić information content (AvgIpc) is 2.48. The van der Waals surface area contributed by atoms with Crippen molar-refractivity contribution >= 4 is 17.6 Å². The Morgan fingerprint density at radius 3 is 2.56 bits per heavy atom. The molecule has 1 aromatic rings. The monoisotopic (exact) mass is 273 g/mol. The molecule has 0 spiro atoms. The topological polar surface area (TPSA) is 67.2 Å². The molecule has 18 heavy (non-hydrogen) atoms. The molecule has 0 amide bonds. The zero-order chi connectivity index (χ0) is 13.9. The van der Waals surface area contributed by atoms with Gasteiger partial charge in [0.2, 0.25) is 0 Å². The Kier molecular flexibility index (Phi) is 5.16. The summed E-state index contributed by atoms with van der Waals surface area (Å²) >= 11 is 6.10. The first-order valence-electron chi connectivity index (χ1n) is 5.97. The molecule has 0 bridgehead atoms. The van der Waals surface area contributed by atoms with Crippen LogP contribution in [-0.2, 0) is 18.4 Å². The minimum absolute atomic E-state index is 0.323. The minimum atomic E-state index is -0.832. The van der Waals surface area contributed by atoms with Crippen LogP contribution in [0.2, 0.25) is 5.15 Å². The van der Waals surface area contributed by atoms with Gasteiger partial charge in [0.25, 0.3) is 0 Å². The van der Waals surface area contributed by atoms with E-state index in [1.54, 1.807) is 11.7 Å². The molecular formula is C12H20ClN3O2. The number of aliphatic carboxylic acids is 1. The number of aryl methyl sites for hydroxylation is 2. The highest BCUT2D eigenvalue weighted by atomic mass is 35.5. The van der Waals surface area contributed by atoms with Crippen molar-refractivity contribution in [3.05, 3.63) is 16.4 Å². The number of hydrogen-bond donors (Lipinski definition) is 2. The Hall–Kier alpha value is -1.07. The zero-order valence-electron chi connectivity index (χ0n) is 11.2. The molecule has 0 aliphatic rings. The molecule has 0 aromatic carbocycles.